The molecule has 1 aliphatic carbocycles. The molecule has 5 rings (SSSR count). The van der Waals surface area contributed by atoms with Crippen molar-refractivity contribution in [2.24, 2.45) is 0 Å². The van der Waals surface area contributed by atoms with Crippen LogP contribution in [0, 0.1) is 13.8 Å². The number of fused-ring (bicyclic) bond motifs is 1. The third-order valence-corrected chi connectivity index (χ3v) is 8.00. The van der Waals surface area contributed by atoms with E-state index in [1.807, 2.05) is 38.1 Å². The Kier molecular flexibility index (Phi) is 4.96. The van der Waals surface area contributed by atoms with E-state index in [1.54, 1.807) is 11.8 Å². The zero-order valence-electron chi connectivity index (χ0n) is 18.4. The van der Waals surface area contributed by atoms with Crippen molar-refractivity contribution in [1.29, 1.82) is 0 Å². The van der Waals surface area contributed by atoms with Gasteiger partial charge in [-0.15, -0.1) is 0 Å². The summed E-state index contributed by atoms with van der Waals surface area (Å²) in [6, 6.07) is 7.23. The Morgan fingerprint density at radius 2 is 1.97 bits per heavy atom. The monoisotopic (exact) mass is 454 g/mol. The van der Waals surface area contributed by atoms with Gasteiger partial charge < -0.3 is 10.1 Å². The molecule has 2 fully saturated rings. The van der Waals surface area contributed by atoms with Crippen LogP contribution in [-0.4, -0.2) is 47.7 Å². The number of pyridine rings is 1. The van der Waals surface area contributed by atoms with Gasteiger partial charge in [-0.25, -0.2) is 18.1 Å². The van der Waals surface area contributed by atoms with E-state index < -0.39 is 9.84 Å². The number of hydrogen-bond donors (Lipinski definition) is 1. The summed E-state index contributed by atoms with van der Waals surface area (Å²) in [5.41, 5.74) is 4.23. The molecule has 1 N–H and O–H groups in total. The molecule has 3 heterocycles. The molecule has 3 aromatic rings. The van der Waals surface area contributed by atoms with Crippen LogP contribution in [0.25, 0.3) is 11.0 Å². The number of hydrogen-bond acceptors (Lipinski definition) is 6. The van der Waals surface area contributed by atoms with Gasteiger partial charge in [0.05, 0.1) is 47.0 Å². The van der Waals surface area contributed by atoms with E-state index in [1.165, 1.54) is 0 Å². The molecule has 0 spiro atoms. The summed E-state index contributed by atoms with van der Waals surface area (Å²) < 4.78 is 31.3. The van der Waals surface area contributed by atoms with E-state index >= 15 is 0 Å². The molecule has 0 radical (unpaired) electrons. The Morgan fingerprint density at radius 1 is 1.19 bits per heavy atom. The first-order valence-electron chi connectivity index (χ1n) is 10.8. The number of amides is 1. The zero-order chi connectivity index (χ0) is 22.6. The van der Waals surface area contributed by atoms with Gasteiger partial charge >= 0.3 is 0 Å². The van der Waals surface area contributed by atoms with Gasteiger partial charge in [-0.3, -0.25) is 4.79 Å². The Balaban J connectivity index is 1.61. The largest absolute Gasteiger partial charge is 0.495 e. The number of rotatable bonds is 5. The lowest BCUT2D eigenvalue weighted by Gasteiger charge is -2.13. The highest BCUT2D eigenvalue weighted by atomic mass is 32.2. The summed E-state index contributed by atoms with van der Waals surface area (Å²) >= 11 is 0. The standard InChI is InChI=1S/C23H26N4O4S/c1-13-4-7-20(31-3)19(10-13)25-23(28)17-11-18(15-5-6-15)24-22-21(17)14(2)26-27(22)16-8-9-32(29,30)12-16/h4,7,10-11,15-16H,5-6,8-9,12H2,1-3H3,(H,25,28)/t16-/m1/s1. The first-order chi connectivity index (χ1) is 15.3. The van der Waals surface area contributed by atoms with Crippen molar-refractivity contribution in [3.63, 3.8) is 0 Å². The normalized spacial score (nSPS) is 19.9. The molecule has 1 amide bonds. The molecule has 8 nitrogen and oxygen atoms in total. The second kappa shape index (κ2) is 7.58. The number of methoxy groups -OCH3 is 1. The van der Waals surface area contributed by atoms with Crippen LogP contribution in [0.3, 0.4) is 0 Å². The minimum absolute atomic E-state index is 0.0561. The molecule has 1 aliphatic heterocycles. The molecule has 1 saturated heterocycles. The number of nitrogens with one attached hydrogen (secondary N) is 1. The molecular weight excluding hydrogens is 428 g/mol. The number of anilines is 1. The van der Waals surface area contributed by atoms with E-state index in [0.29, 0.717) is 46.1 Å². The predicted octanol–water partition coefficient (Wildman–Crippen LogP) is 3.55. The summed E-state index contributed by atoms with van der Waals surface area (Å²) in [5.74, 6) is 0.863. The van der Waals surface area contributed by atoms with Gasteiger partial charge in [0.2, 0.25) is 0 Å². The topological polar surface area (TPSA) is 103 Å². The van der Waals surface area contributed by atoms with E-state index in [9.17, 15) is 13.2 Å². The molecule has 2 aliphatic rings. The van der Waals surface area contributed by atoms with Crippen molar-refractivity contribution in [3.05, 3.63) is 46.8 Å². The number of benzene rings is 1. The van der Waals surface area contributed by atoms with E-state index in [0.717, 1.165) is 24.1 Å². The third-order valence-electron chi connectivity index (χ3n) is 6.25. The predicted molar refractivity (Wildman–Crippen MR) is 122 cm³/mol. The molecule has 1 saturated carbocycles. The molecule has 0 unspecified atom stereocenters. The van der Waals surface area contributed by atoms with Crippen molar-refractivity contribution in [3.8, 4) is 5.75 Å². The summed E-state index contributed by atoms with van der Waals surface area (Å²) in [6.45, 7) is 3.79. The lowest BCUT2D eigenvalue weighted by Crippen LogP contribution is -2.16. The molecule has 0 bridgehead atoms. The van der Waals surface area contributed by atoms with Crippen LogP contribution in [0.15, 0.2) is 24.3 Å². The Labute approximate surface area is 186 Å². The molecule has 1 aromatic carbocycles. The van der Waals surface area contributed by atoms with Crippen LogP contribution in [0.5, 0.6) is 5.75 Å². The third kappa shape index (κ3) is 3.74. The highest BCUT2D eigenvalue weighted by Gasteiger charge is 2.34. The average molecular weight is 455 g/mol. The Morgan fingerprint density at radius 3 is 2.62 bits per heavy atom. The number of carbonyl (C=O) groups is 1. The van der Waals surface area contributed by atoms with Crippen LogP contribution in [0.2, 0.25) is 0 Å². The van der Waals surface area contributed by atoms with Crippen molar-refractivity contribution < 1.29 is 17.9 Å². The number of ether oxygens (including phenoxy) is 1. The van der Waals surface area contributed by atoms with E-state index in [4.69, 9.17) is 9.72 Å². The van der Waals surface area contributed by atoms with Gasteiger partial charge in [0.15, 0.2) is 15.5 Å². The van der Waals surface area contributed by atoms with E-state index in [-0.39, 0.29) is 23.5 Å². The molecular formula is C23H26N4O4S. The zero-order valence-corrected chi connectivity index (χ0v) is 19.2. The molecule has 2 aromatic heterocycles. The number of aryl methyl sites for hydroxylation is 2. The summed E-state index contributed by atoms with van der Waals surface area (Å²) in [6.07, 6.45) is 2.59. The first-order valence-corrected chi connectivity index (χ1v) is 12.6. The molecule has 32 heavy (non-hydrogen) atoms. The first kappa shape index (κ1) is 20.9. The molecule has 168 valence electrons. The van der Waals surface area contributed by atoms with Crippen LogP contribution in [-0.2, 0) is 9.84 Å². The van der Waals surface area contributed by atoms with Crippen molar-refractivity contribution >= 4 is 32.5 Å². The Hall–Kier alpha value is -2.94. The molecule has 1 atom stereocenters. The average Bonchev–Trinajstić information content (AvgIpc) is 3.46. The minimum Gasteiger partial charge on any atom is -0.495 e. The summed E-state index contributed by atoms with van der Waals surface area (Å²) in [5, 5.41) is 8.30. The fourth-order valence-electron chi connectivity index (χ4n) is 4.43. The number of carbonyl (C=O) groups excluding carboxylic acids is 1. The maximum atomic E-state index is 13.5. The highest BCUT2D eigenvalue weighted by Crippen LogP contribution is 2.41. The molecule has 9 heteroatoms. The van der Waals surface area contributed by atoms with Crippen molar-refractivity contribution in [2.45, 2.75) is 45.1 Å². The van der Waals surface area contributed by atoms with Crippen molar-refractivity contribution in [1.82, 2.24) is 14.8 Å². The van der Waals surface area contributed by atoms with Gasteiger partial charge in [-0.1, -0.05) is 6.07 Å². The SMILES string of the molecule is COc1ccc(C)cc1NC(=O)c1cc(C2CC2)nc2c1c(C)nn2[C@@H]1CCS(=O)(=O)C1. The van der Waals surface area contributed by atoms with Gasteiger partial charge in [-0.2, -0.15) is 5.10 Å². The lowest BCUT2D eigenvalue weighted by atomic mass is 10.1. The fraction of sp³-hybridized carbons (Fsp3) is 0.435. The van der Waals surface area contributed by atoms with Crippen LogP contribution < -0.4 is 10.1 Å². The van der Waals surface area contributed by atoms with Crippen LogP contribution in [0.1, 0.15) is 58.5 Å². The summed E-state index contributed by atoms with van der Waals surface area (Å²) in [4.78, 5) is 18.3. The number of nitrogens with zero attached hydrogens (tertiary/aromatic N) is 3. The maximum absolute atomic E-state index is 13.5. The second-order valence-corrected chi connectivity index (χ2v) is 11.0. The maximum Gasteiger partial charge on any atom is 0.256 e. The lowest BCUT2D eigenvalue weighted by molar-refractivity contribution is 0.102. The fourth-order valence-corrected chi connectivity index (χ4v) is 6.12. The van der Waals surface area contributed by atoms with Gasteiger partial charge in [0.25, 0.3) is 5.91 Å². The van der Waals surface area contributed by atoms with Crippen LogP contribution >= 0.6 is 0 Å². The van der Waals surface area contributed by atoms with E-state index in [2.05, 4.69) is 10.4 Å². The highest BCUT2D eigenvalue weighted by molar-refractivity contribution is 7.91. The smallest absolute Gasteiger partial charge is 0.256 e. The number of aromatic nitrogens is 3. The quantitative estimate of drug-likeness (QED) is 0.632. The number of sulfone groups is 1. The van der Waals surface area contributed by atoms with Crippen LogP contribution in [0.4, 0.5) is 5.69 Å². The van der Waals surface area contributed by atoms with Crippen molar-refractivity contribution in [2.75, 3.05) is 23.9 Å². The second-order valence-electron chi connectivity index (χ2n) is 8.81. The Bertz CT molecular complexity index is 1340. The minimum atomic E-state index is -3.08. The van der Waals surface area contributed by atoms with Gasteiger partial charge in [0, 0.05) is 11.6 Å². The summed E-state index contributed by atoms with van der Waals surface area (Å²) in [7, 11) is -1.51. The van der Waals surface area contributed by atoms with Gasteiger partial charge in [0.1, 0.15) is 5.75 Å². The van der Waals surface area contributed by atoms with Gasteiger partial charge in [-0.05, 0) is 56.9 Å².